The van der Waals surface area contributed by atoms with E-state index in [0.29, 0.717) is 12.8 Å². The van der Waals surface area contributed by atoms with Gasteiger partial charge in [0.15, 0.2) is 0 Å². The van der Waals surface area contributed by atoms with Crippen molar-refractivity contribution in [2.75, 3.05) is 68.5 Å². The van der Waals surface area contributed by atoms with Gasteiger partial charge in [0.25, 0.3) is 0 Å². The van der Waals surface area contributed by atoms with Gasteiger partial charge in [0.05, 0.1) is 25.6 Å². The largest absolute Gasteiger partial charge is 0.393 e. The molecule has 22 nitrogen and oxygen atoms in total. The van der Waals surface area contributed by atoms with E-state index in [0.717, 1.165) is 46.8 Å². The third-order valence-corrected chi connectivity index (χ3v) is 19.4. The summed E-state index contributed by atoms with van der Waals surface area (Å²) >= 11 is 6.34. The summed E-state index contributed by atoms with van der Waals surface area (Å²) in [4.78, 5) is 168. The van der Waals surface area contributed by atoms with E-state index in [-0.39, 0.29) is 88.5 Å². The highest BCUT2D eigenvalue weighted by molar-refractivity contribution is 6.20. The maximum atomic E-state index is 15.0. The monoisotopic (exact) mass is 1300 g/mol. The van der Waals surface area contributed by atoms with Crippen LogP contribution in [0, 0.1) is 35.5 Å². The zero-order valence-electron chi connectivity index (χ0n) is 55.8. The maximum absolute atomic E-state index is 15.0. The topological polar surface area (TPSA) is 259 Å². The van der Waals surface area contributed by atoms with Gasteiger partial charge in [-0.1, -0.05) is 86.1 Å². The molecular weight excluding hydrogens is 1190 g/mol. The predicted molar refractivity (Wildman–Crippen MR) is 335 cm³/mol. The highest BCUT2D eigenvalue weighted by Crippen LogP contribution is 2.44. The number of carbonyl (C=O) groups excluding carboxylic acids is 11. The second-order valence-electron chi connectivity index (χ2n) is 27.2. The van der Waals surface area contributed by atoms with Crippen LogP contribution in [0.25, 0.3) is 0 Å². The van der Waals surface area contributed by atoms with Crippen LogP contribution < -0.4 is 21.3 Å². The molecule has 2 saturated carbocycles. The third kappa shape index (κ3) is 20.8. The Kier molecular flexibility index (Phi) is 28.9. The summed E-state index contributed by atoms with van der Waals surface area (Å²) in [5.74, 6) is -10.1. The minimum absolute atomic E-state index is 0.000492. The highest BCUT2D eigenvalue weighted by Gasteiger charge is 2.49. The van der Waals surface area contributed by atoms with Crippen molar-refractivity contribution in [3.8, 4) is 0 Å². The molecule has 2 heterocycles. The molecule has 90 heavy (non-hydrogen) atoms. The lowest BCUT2D eigenvalue weighted by atomic mass is 9.78. The number of hydrogen-bond acceptors (Lipinski definition) is 11. The number of fused-ring (bicyclic) bond motifs is 1. The van der Waals surface area contributed by atoms with Gasteiger partial charge in [-0.3, -0.25) is 52.7 Å². The zero-order chi connectivity index (χ0) is 67.9. The van der Waals surface area contributed by atoms with Gasteiger partial charge in [-0.2, -0.15) is 13.2 Å². The predicted octanol–water partition coefficient (Wildman–Crippen LogP) is 5.25. The number of rotatable bonds is 12. The van der Waals surface area contributed by atoms with Gasteiger partial charge in [0, 0.05) is 66.7 Å². The minimum atomic E-state index is -4.50. The molecule has 0 spiro atoms. The average Bonchev–Trinajstić information content (AvgIpc) is 1.30. The second-order valence-corrected chi connectivity index (χ2v) is 27.7. The normalized spacial score (nSPS) is 30.1. The van der Waals surface area contributed by atoms with Crippen molar-refractivity contribution in [2.24, 2.45) is 35.5 Å². The Morgan fingerprint density at radius 2 is 1.28 bits per heavy atom. The fourth-order valence-corrected chi connectivity index (χ4v) is 13.7. The summed E-state index contributed by atoms with van der Waals surface area (Å²) < 4.78 is 41.7. The molecule has 26 heteroatoms. The molecule has 0 radical (unpaired) electrons. The highest BCUT2D eigenvalue weighted by atomic mass is 35.5. The molecule has 4 N–H and O–H groups in total. The molecule has 11 amide bonds. The van der Waals surface area contributed by atoms with Crippen molar-refractivity contribution in [2.45, 2.75) is 224 Å². The first-order valence-corrected chi connectivity index (χ1v) is 32.8. The molecular formula is C64H105ClF3N11O11. The first kappa shape index (κ1) is 76.4. The van der Waals surface area contributed by atoms with Gasteiger partial charge in [0.2, 0.25) is 65.0 Å². The summed E-state index contributed by atoms with van der Waals surface area (Å²) in [6.45, 7) is 16.2. The third-order valence-electron chi connectivity index (χ3n) is 18.9. The van der Waals surface area contributed by atoms with Crippen molar-refractivity contribution in [3.63, 3.8) is 0 Å². The summed E-state index contributed by atoms with van der Waals surface area (Å²) in [5.41, 5.74) is -1.74. The van der Waals surface area contributed by atoms with Gasteiger partial charge >= 0.3 is 6.18 Å². The smallest absolute Gasteiger partial charge is 0.351 e. The number of amides is 11. The van der Waals surface area contributed by atoms with E-state index in [9.17, 15) is 65.9 Å². The number of carbonyl (C=O) groups is 11. The van der Waals surface area contributed by atoms with Gasteiger partial charge in [-0.15, -0.1) is 18.2 Å². The van der Waals surface area contributed by atoms with Crippen LogP contribution in [-0.4, -0.2) is 227 Å². The Bertz CT molecular complexity index is 2560. The number of nitrogens with zero attached hydrogens (tertiary/aromatic N) is 7. The van der Waals surface area contributed by atoms with Crippen LogP contribution in [0.4, 0.5) is 13.2 Å². The van der Waals surface area contributed by atoms with Gasteiger partial charge in [-0.05, 0) is 108 Å². The quantitative estimate of drug-likeness (QED) is 0.145. The maximum Gasteiger partial charge on any atom is 0.393 e. The molecule has 3 unspecified atom stereocenters. The Balaban J connectivity index is 1.79. The lowest BCUT2D eigenvalue weighted by Crippen LogP contribution is -2.64. The molecule has 0 bridgehead atoms. The number of alkyl halides is 4. The van der Waals surface area contributed by atoms with Crippen molar-refractivity contribution in [3.05, 3.63) is 12.7 Å². The molecule has 2 saturated heterocycles. The lowest BCUT2D eigenvalue weighted by molar-refractivity contribution is -0.182. The SMILES string of the molecule is C=CC[C@]1(C)NC(=O)[C@@H]2CCCN2C(=O)[C@H](CCC2CCC(C(F)(F)F)C(Cl)C2)NC(=O)CN(C)C(=O)[C@H](CC2CCCCC2)N(C)C(=O)CN(C)C(=O)CN(C)C(=O)[C@H]([C@@H](C)CC)NC(=O)[C@H](CC(C)C)N(C)C(=O)C[C@@H](C)NC(=O)[C@H](C(C)C)N(C)C1=O. The van der Waals surface area contributed by atoms with Crippen LogP contribution in [0.1, 0.15) is 165 Å². The van der Waals surface area contributed by atoms with Gasteiger partial charge in [-0.25, -0.2) is 0 Å². The number of likely N-dealkylation sites (N-methyl/N-ethyl adjacent to an activating group) is 6. The molecule has 4 rings (SSSR count). The van der Waals surface area contributed by atoms with E-state index in [2.05, 4.69) is 27.8 Å². The first-order valence-electron chi connectivity index (χ1n) is 32.3. The molecule has 4 fully saturated rings. The molecule has 0 aromatic rings. The molecule has 0 aromatic carbocycles. The molecule has 4 aliphatic rings. The first-order chi connectivity index (χ1) is 42.0. The fraction of sp³-hybridized carbons (Fsp3) is 0.797. The van der Waals surface area contributed by atoms with E-state index in [1.54, 1.807) is 27.7 Å². The Morgan fingerprint density at radius 1 is 0.667 bits per heavy atom. The standard InChI is InChI=1S/C64H105ClF3N11O11/c1-16-29-63(9)62(90)78(15)55(39(5)6)58(86)69-41(8)32-51(81)76(13)48(31-38(3)4)56(84)71-54(40(7)17-2)61(89)75(12)36-52(82)73(10)37-53(83)77(14)49(34-42-22-19-18-20-23-42)60(88)74(11)35-50(80)70-46(59(87)79-30-21-24-47(79)57(85)72-63)28-26-43-25-27-44(45(65)33-43)64(66,67)68/h16,38-49,54-55H,1,17-37H2,2-15H3,(H,69,86)(H,70,80)(H,71,84)(H,72,85)/t40-,41+,43?,44?,45?,46-,47-,48-,49-,54-,55-,63-/m0/s1. The van der Waals surface area contributed by atoms with Crippen LogP contribution in [0.2, 0.25) is 0 Å². The van der Waals surface area contributed by atoms with Crippen molar-refractivity contribution in [1.29, 1.82) is 0 Å². The Hall–Kier alpha value is -6.01. The van der Waals surface area contributed by atoms with Crippen molar-refractivity contribution in [1.82, 2.24) is 55.6 Å². The van der Waals surface area contributed by atoms with E-state index in [1.807, 2.05) is 20.8 Å². The minimum Gasteiger partial charge on any atom is -0.351 e. The molecule has 2 aliphatic heterocycles. The fourth-order valence-electron chi connectivity index (χ4n) is 13.2. The summed E-state index contributed by atoms with van der Waals surface area (Å²) in [6, 6.07) is -7.79. The van der Waals surface area contributed by atoms with Gasteiger partial charge < -0.3 is 55.6 Å². The average molecular weight is 1300 g/mol. The molecule has 12 atom stereocenters. The number of hydrogen-bond donors (Lipinski definition) is 4. The number of nitrogens with one attached hydrogen (secondary N) is 4. The van der Waals surface area contributed by atoms with Crippen LogP contribution in [0.5, 0.6) is 0 Å². The second kappa shape index (κ2) is 34.1. The van der Waals surface area contributed by atoms with Crippen LogP contribution >= 0.6 is 11.6 Å². The van der Waals surface area contributed by atoms with E-state index < -0.39 is 162 Å². The van der Waals surface area contributed by atoms with E-state index in [4.69, 9.17) is 11.6 Å². The molecule has 0 aromatic heterocycles. The summed E-state index contributed by atoms with van der Waals surface area (Å²) in [5, 5.41) is 10.2. The Morgan fingerprint density at radius 3 is 1.86 bits per heavy atom. The molecule has 2 aliphatic carbocycles. The van der Waals surface area contributed by atoms with Crippen LogP contribution in [0.15, 0.2) is 12.7 Å². The van der Waals surface area contributed by atoms with Gasteiger partial charge in [0.1, 0.15) is 41.8 Å². The zero-order valence-corrected chi connectivity index (χ0v) is 56.6. The molecule has 510 valence electrons. The van der Waals surface area contributed by atoms with Crippen LogP contribution in [0.3, 0.4) is 0 Å². The van der Waals surface area contributed by atoms with Crippen molar-refractivity contribution >= 4 is 76.6 Å². The summed E-state index contributed by atoms with van der Waals surface area (Å²) in [7, 11) is 8.50. The van der Waals surface area contributed by atoms with E-state index in [1.165, 1.54) is 74.9 Å². The lowest BCUT2D eigenvalue weighted by Gasteiger charge is -2.39. The summed E-state index contributed by atoms with van der Waals surface area (Å²) in [6.07, 6.45) is 2.36. The van der Waals surface area contributed by atoms with Crippen molar-refractivity contribution < 1.29 is 65.9 Å². The number of halogens is 4. The Labute approximate surface area is 536 Å². The van der Waals surface area contributed by atoms with E-state index >= 15 is 0 Å². The van der Waals surface area contributed by atoms with Crippen LogP contribution in [-0.2, 0) is 52.7 Å².